The van der Waals surface area contributed by atoms with Crippen LogP contribution in [0.15, 0.2) is 194 Å². The fourth-order valence-corrected chi connectivity index (χ4v) is 9.76. The molecular weight excluding hydrogens is 661 g/mol. The summed E-state index contributed by atoms with van der Waals surface area (Å²) in [5.74, 6) is 0. The number of fused-ring (bicyclic) bond motifs is 9. The highest BCUT2D eigenvalue weighted by Crippen LogP contribution is 2.53. The fraction of sp³-hybridized carbons (Fsp3) is 0.0545. The van der Waals surface area contributed by atoms with Crippen LogP contribution in [0.4, 0.5) is 0 Å². The van der Waals surface area contributed by atoms with E-state index in [1.807, 2.05) is 0 Å². The van der Waals surface area contributed by atoms with Crippen LogP contribution in [0.25, 0.3) is 98.7 Å². The Bertz CT molecular complexity index is 3160. The van der Waals surface area contributed by atoms with Crippen LogP contribution in [0.3, 0.4) is 0 Å². The number of hydrogen-bond donors (Lipinski definition) is 0. The van der Waals surface area contributed by atoms with Crippen molar-refractivity contribution in [2.75, 3.05) is 0 Å². The second-order valence-corrected chi connectivity index (χ2v) is 15.6. The van der Waals surface area contributed by atoms with Crippen LogP contribution in [0.5, 0.6) is 0 Å². The topological polar surface area (TPSA) is 0 Å². The first-order chi connectivity index (χ1) is 27.1. The van der Waals surface area contributed by atoms with Gasteiger partial charge < -0.3 is 0 Å². The summed E-state index contributed by atoms with van der Waals surface area (Å²) in [5.41, 5.74) is 15.4. The summed E-state index contributed by atoms with van der Waals surface area (Å²) in [7, 11) is 0. The molecule has 0 spiro atoms. The van der Waals surface area contributed by atoms with E-state index < -0.39 is 0 Å². The molecule has 0 radical (unpaired) electrons. The van der Waals surface area contributed by atoms with E-state index in [0.717, 1.165) is 0 Å². The Hall–Kier alpha value is -6.76. The van der Waals surface area contributed by atoms with Gasteiger partial charge in [-0.3, -0.25) is 0 Å². The number of rotatable bonds is 4. The molecule has 1 aliphatic rings. The zero-order valence-corrected chi connectivity index (χ0v) is 31.0. The Morgan fingerprint density at radius 3 is 1.62 bits per heavy atom. The van der Waals surface area contributed by atoms with Gasteiger partial charge >= 0.3 is 0 Å². The molecule has 258 valence electrons. The Labute approximate surface area is 322 Å². The second-order valence-electron chi connectivity index (χ2n) is 15.6. The monoisotopic (exact) mass is 698 g/mol. The quantitative estimate of drug-likeness (QED) is 0.127. The molecule has 0 saturated carbocycles. The Morgan fingerprint density at radius 1 is 0.309 bits per heavy atom. The van der Waals surface area contributed by atoms with E-state index in [1.54, 1.807) is 0 Å². The minimum Gasteiger partial charge on any atom is -0.0622 e. The molecule has 10 aromatic carbocycles. The summed E-state index contributed by atoms with van der Waals surface area (Å²) >= 11 is 0. The van der Waals surface area contributed by atoms with Crippen LogP contribution < -0.4 is 0 Å². The Morgan fingerprint density at radius 2 is 0.855 bits per heavy atom. The SMILES string of the molecule is CC1(C)c2cc(-c3ccccc3-c3cccc(-c4c5ccccc5c(-c5ccccc5)c5ccc6ccccc6c45)c3)ccc2-c2ccc3ccccc3c21. The van der Waals surface area contributed by atoms with Crippen molar-refractivity contribution in [3.63, 3.8) is 0 Å². The normalized spacial score (nSPS) is 13.1. The van der Waals surface area contributed by atoms with E-state index in [-0.39, 0.29) is 5.41 Å². The maximum atomic E-state index is 2.46. The van der Waals surface area contributed by atoms with Crippen LogP contribution >= 0.6 is 0 Å². The van der Waals surface area contributed by atoms with Crippen LogP contribution in [0, 0.1) is 0 Å². The molecule has 0 bridgehead atoms. The molecule has 1 aliphatic carbocycles. The molecule has 10 aromatic rings. The first kappa shape index (κ1) is 31.7. The third kappa shape index (κ3) is 4.78. The summed E-state index contributed by atoms with van der Waals surface area (Å²) in [6.07, 6.45) is 0. The average molecular weight is 699 g/mol. The molecule has 0 heterocycles. The summed E-state index contributed by atoms with van der Waals surface area (Å²) in [6.45, 7) is 4.79. The summed E-state index contributed by atoms with van der Waals surface area (Å²) in [4.78, 5) is 0. The van der Waals surface area contributed by atoms with E-state index >= 15 is 0 Å². The summed E-state index contributed by atoms with van der Waals surface area (Å²) < 4.78 is 0. The number of benzene rings is 10. The van der Waals surface area contributed by atoms with Gasteiger partial charge in [-0.15, -0.1) is 0 Å². The molecule has 55 heavy (non-hydrogen) atoms. The van der Waals surface area contributed by atoms with Gasteiger partial charge in [-0.25, -0.2) is 0 Å². The van der Waals surface area contributed by atoms with Gasteiger partial charge in [0.25, 0.3) is 0 Å². The molecule has 0 saturated heterocycles. The smallest absolute Gasteiger partial charge is 0.0165 e. The zero-order valence-electron chi connectivity index (χ0n) is 31.0. The minimum atomic E-state index is -0.118. The van der Waals surface area contributed by atoms with Crippen molar-refractivity contribution >= 4 is 43.1 Å². The molecule has 0 fully saturated rings. The van der Waals surface area contributed by atoms with Gasteiger partial charge in [0.1, 0.15) is 0 Å². The van der Waals surface area contributed by atoms with Crippen molar-refractivity contribution in [1.29, 1.82) is 0 Å². The Kier molecular flexibility index (Phi) is 7.00. The van der Waals surface area contributed by atoms with Crippen LogP contribution in [-0.4, -0.2) is 0 Å². The van der Waals surface area contributed by atoms with E-state index in [2.05, 4.69) is 208 Å². The third-order valence-corrected chi connectivity index (χ3v) is 12.2. The van der Waals surface area contributed by atoms with Crippen molar-refractivity contribution in [1.82, 2.24) is 0 Å². The first-order valence-electron chi connectivity index (χ1n) is 19.4. The minimum absolute atomic E-state index is 0.118. The van der Waals surface area contributed by atoms with Gasteiger partial charge in [0.05, 0.1) is 0 Å². The van der Waals surface area contributed by atoms with E-state index in [0.29, 0.717) is 0 Å². The molecule has 0 atom stereocenters. The molecule has 0 unspecified atom stereocenters. The zero-order chi connectivity index (χ0) is 36.7. The van der Waals surface area contributed by atoms with Crippen LogP contribution in [0.1, 0.15) is 25.0 Å². The highest BCUT2D eigenvalue weighted by molar-refractivity contribution is 6.28. The highest BCUT2D eigenvalue weighted by atomic mass is 14.4. The largest absolute Gasteiger partial charge is 0.0622 e. The standard InChI is InChI=1S/C55H38/c1-55(2)50-34-39(29-30-45(50)48-31-27-36-16-7-9-24-44(36)54(48)55)42-22-11-10-21-41(42)38-19-14-20-40(33-38)52-47-26-13-12-25-46(47)51(37-17-4-3-5-18-37)49-32-28-35-15-6-8-23-43(35)53(49)52/h3-34H,1-2H3. The fourth-order valence-electron chi connectivity index (χ4n) is 9.76. The molecule has 0 heteroatoms. The van der Waals surface area contributed by atoms with Crippen molar-refractivity contribution < 1.29 is 0 Å². The van der Waals surface area contributed by atoms with Crippen LogP contribution in [-0.2, 0) is 5.41 Å². The second kappa shape index (κ2) is 12.1. The van der Waals surface area contributed by atoms with Gasteiger partial charge in [0, 0.05) is 5.41 Å². The van der Waals surface area contributed by atoms with E-state index in [9.17, 15) is 0 Å². The lowest BCUT2D eigenvalue weighted by atomic mass is 9.79. The van der Waals surface area contributed by atoms with Crippen molar-refractivity contribution in [2.24, 2.45) is 0 Å². The van der Waals surface area contributed by atoms with Crippen molar-refractivity contribution in [2.45, 2.75) is 19.3 Å². The summed E-state index contributed by atoms with van der Waals surface area (Å²) in [6, 6.07) is 72.1. The predicted molar refractivity (Wildman–Crippen MR) is 236 cm³/mol. The first-order valence-corrected chi connectivity index (χ1v) is 19.4. The van der Waals surface area contributed by atoms with Gasteiger partial charge in [0.15, 0.2) is 0 Å². The number of hydrogen-bond acceptors (Lipinski definition) is 0. The lowest BCUT2D eigenvalue weighted by Gasteiger charge is -2.24. The van der Waals surface area contributed by atoms with Crippen molar-refractivity contribution in [3.8, 4) is 55.6 Å². The van der Waals surface area contributed by atoms with Gasteiger partial charge in [-0.05, 0) is 122 Å². The van der Waals surface area contributed by atoms with Crippen LogP contribution in [0.2, 0.25) is 0 Å². The van der Waals surface area contributed by atoms with Gasteiger partial charge in [-0.1, -0.05) is 196 Å². The van der Waals surface area contributed by atoms with E-state index in [1.165, 1.54) is 110 Å². The summed E-state index contributed by atoms with van der Waals surface area (Å²) in [5, 5.41) is 10.3. The maximum absolute atomic E-state index is 2.46. The molecule has 0 aliphatic heterocycles. The molecule has 11 rings (SSSR count). The van der Waals surface area contributed by atoms with Crippen molar-refractivity contribution in [3.05, 3.63) is 205 Å². The maximum Gasteiger partial charge on any atom is 0.0165 e. The molecule has 0 N–H and O–H groups in total. The van der Waals surface area contributed by atoms with Gasteiger partial charge in [0.2, 0.25) is 0 Å². The van der Waals surface area contributed by atoms with E-state index in [4.69, 9.17) is 0 Å². The Balaban J connectivity index is 1.11. The molecule has 0 nitrogen and oxygen atoms in total. The molecular formula is C55H38. The lowest BCUT2D eigenvalue weighted by molar-refractivity contribution is 0.666. The lowest BCUT2D eigenvalue weighted by Crippen LogP contribution is -2.15. The molecule has 0 aromatic heterocycles. The van der Waals surface area contributed by atoms with Gasteiger partial charge in [-0.2, -0.15) is 0 Å². The average Bonchev–Trinajstić information content (AvgIpc) is 3.48. The predicted octanol–water partition coefficient (Wildman–Crippen LogP) is 15.3. The third-order valence-electron chi connectivity index (χ3n) is 12.2. The molecule has 0 amide bonds. The highest BCUT2D eigenvalue weighted by Gasteiger charge is 2.37.